The molecular formula is C14H29NO. The average molecular weight is 227 g/mol. The van der Waals surface area contributed by atoms with Gasteiger partial charge in [-0.3, -0.25) is 0 Å². The third-order valence-electron chi connectivity index (χ3n) is 3.86. The Balaban J connectivity index is 2.25. The van der Waals surface area contributed by atoms with Gasteiger partial charge < -0.3 is 10.1 Å². The van der Waals surface area contributed by atoms with E-state index in [9.17, 15) is 0 Å². The first-order chi connectivity index (χ1) is 7.80. The number of hydrogen-bond donors (Lipinski definition) is 1. The lowest BCUT2D eigenvalue weighted by atomic mass is 10.0. The zero-order valence-electron chi connectivity index (χ0n) is 11.3. The van der Waals surface area contributed by atoms with E-state index in [4.69, 9.17) is 4.74 Å². The van der Waals surface area contributed by atoms with E-state index >= 15 is 0 Å². The van der Waals surface area contributed by atoms with Crippen LogP contribution in [0.15, 0.2) is 0 Å². The second-order valence-corrected chi connectivity index (χ2v) is 5.25. The molecule has 0 heterocycles. The fourth-order valence-electron chi connectivity index (χ4n) is 2.80. The number of nitrogens with one attached hydrogen (secondary N) is 1. The Hall–Kier alpha value is -0.0800. The molecule has 0 aliphatic heterocycles. The van der Waals surface area contributed by atoms with E-state index in [0.29, 0.717) is 6.04 Å². The molecule has 1 rings (SSSR count). The fourth-order valence-corrected chi connectivity index (χ4v) is 2.80. The SMILES string of the molecule is CCCCC(COC)NC1CCC(CC)C1. The summed E-state index contributed by atoms with van der Waals surface area (Å²) >= 11 is 0. The molecule has 0 aromatic heterocycles. The molecule has 3 unspecified atom stereocenters. The van der Waals surface area contributed by atoms with Gasteiger partial charge in [0.05, 0.1) is 6.61 Å². The van der Waals surface area contributed by atoms with E-state index in [1.54, 1.807) is 0 Å². The molecule has 0 bridgehead atoms. The first kappa shape index (κ1) is 14.0. The molecule has 3 atom stereocenters. The van der Waals surface area contributed by atoms with Crippen molar-refractivity contribution in [1.82, 2.24) is 5.32 Å². The summed E-state index contributed by atoms with van der Waals surface area (Å²) in [5.74, 6) is 0.965. The highest BCUT2D eigenvalue weighted by Crippen LogP contribution is 2.28. The highest BCUT2D eigenvalue weighted by molar-refractivity contribution is 4.82. The molecule has 1 aliphatic rings. The van der Waals surface area contributed by atoms with Crippen LogP contribution in [0.25, 0.3) is 0 Å². The van der Waals surface area contributed by atoms with Crippen LogP contribution in [0, 0.1) is 5.92 Å². The third kappa shape index (κ3) is 4.84. The normalized spacial score (nSPS) is 27.2. The Kier molecular flexibility index (Phi) is 7.06. The van der Waals surface area contributed by atoms with Crippen LogP contribution in [0.4, 0.5) is 0 Å². The molecule has 1 N–H and O–H groups in total. The molecule has 0 radical (unpaired) electrons. The molecule has 1 aliphatic carbocycles. The van der Waals surface area contributed by atoms with Crippen LogP contribution in [-0.4, -0.2) is 25.8 Å². The molecule has 1 saturated carbocycles. The number of hydrogen-bond acceptors (Lipinski definition) is 2. The van der Waals surface area contributed by atoms with Gasteiger partial charge in [0.25, 0.3) is 0 Å². The summed E-state index contributed by atoms with van der Waals surface area (Å²) in [6.07, 6.45) is 9.37. The summed E-state index contributed by atoms with van der Waals surface area (Å²) in [4.78, 5) is 0. The van der Waals surface area contributed by atoms with Crippen LogP contribution in [0.5, 0.6) is 0 Å². The maximum atomic E-state index is 5.30. The van der Waals surface area contributed by atoms with E-state index in [1.807, 2.05) is 7.11 Å². The van der Waals surface area contributed by atoms with Gasteiger partial charge in [0, 0.05) is 19.2 Å². The van der Waals surface area contributed by atoms with Crippen molar-refractivity contribution in [3.05, 3.63) is 0 Å². The Morgan fingerprint density at radius 2 is 2.12 bits per heavy atom. The zero-order valence-corrected chi connectivity index (χ0v) is 11.3. The van der Waals surface area contributed by atoms with Crippen molar-refractivity contribution in [3.63, 3.8) is 0 Å². The van der Waals surface area contributed by atoms with E-state index in [-0.39, 0.29) is 0 Å². The van der Waals surface area contributed by atoms with Crippen LogP contribution in [0.3, 0.4) is 0 Å². The minimum Gasteiger partial charge on any atom is -0.383 e. The van der Waals surface area contributed by atoms with E-state index in [1.165, 1.54) is 44.9 Å². The van der Waals surface area contributed by atoms with Crippen molar-refractivity contribution in [1.29, 1.82) is 0 Å². The molecule has 0 aromatic rings. The minimum atomic E-state index is 0.575. The first-order valence-corrected chi connectivity index (χ1v) is 7.05. The Labute approximate surface area is 101 Å². The lowest BCUT2D eigenvalue weighted by molar-refractivity contribution is 0.155. The highest BCUT2D eigenvalue weighted by Gasteiger charge is 2.24. The van der Waals surface area contributed by atoms with Crippen LogP contribution in [0.1, 0.15) is 58.8 Å². The van der Waals surface area contributed by atoms with Crippen LogP contribution in [0.2, 0.25) is 0 Å². The highest BCUT2D eigenvalue weighted by atomic mass is 16.5. The molecule has 0 amide bonds. The fraction of sp³-hybridized carbons (Fsp3) is 1.00. The topological polar surface area (TPSA) is 21.3 Å². The quantitative estimate of drug-likeness (QED) is 0.686. The number of unbranched alkanes of at least 4 members (excludes halogenated alkanes) is 1. The number of rotatable bonds is 8. The average Bonchev–Trinajstić information content (AvgIpc) is 2.74. The van der Waals surface area contributed by atoms with Crippen molar-refractivity contribution in [3.8, 4) is 0 Å². The van der Waals surface area contributed by atoms with Crippen molar-refractivity contribution >= 4 is 0 Å². The van der Waals surface area contributed by atoms with Gasteiger partial charge in [0.2, 0.25) is 0 Å². The summed E-state index contributed by atoms with van der Waals surface area (Å²) in [6, 6.07) is 1.33. The van der Waals surface area contributed by atoms with Crippen molar-refractivity contribution < 1.29 is 4.74 Å². The Bertz CT molecular complexity index is 172. The van der Waals surface area contributed by atoms with Gasteiger partial charge in [-0.25, -0.2) is 0 Å². The standard InChI is InChI=1S/C14H29NO/c1-4-6-7-14(11-16-3)15-13-9-8-12(5-2)10-13/h12-15H,4-11H2,1-3H3. The second-order valence-electron chi connectivity index (χ2n) is 5.25. The van der Waals surface area contributed by atoms with E-state index in [0.717, 1.165) is 18.6 Å². The van der Waals surface area contributed by atoms with Gasteiger partial charge in [-0.2, -0.15) is 0 Å². The second kappa shape index (κ2) is 8.08. The van der Waals surface area contributed by atoms with Crippen molar-refractivity contribution in [2.45, 2.75) is 70.9 Å². The molecule has 0 aromatic carbocycles. The smallest absolute Gasteiger partial charge is 0.0615 e. The Morgan fingerprint density at radius 3 is 2.69 bits per heavy atom. The third-order valence-corrected chi connectivity index (χ3v) is 3.86. The van der Waals surface area contributed by atoms with Crippen LogP contribution >= 0.6 is 0 Å². The molecule has 2 nitrogen and oxygen atoms in total. The zero-order chi connectivity index (χ0) is 11.8. The van der Waals surface area contributed by atoms with E-state index in [2.05, 4.69) is 19.2 Å². The van der Waals surface area contributed by atoms with Gasteiger partial charge in [0.1, 0.15) is 0 Å². The maximum Gasteiger partial charge on any atom is 0.0615 e. The number of methoxy groups -OCH3 is 1. The number of ether oxygens (including phenoxy) is 1. The first-order valence-electron chi connectivity index (χ1n) is 7.05. The molecule has 0 spiro atoms. The summed E-state index contributed by atoms with van der Waals surface area (Å²) < 4.78 is 5.30. The predicted molar refractivity (Wildman–Crippen MR) is 69.7 cm³/mol. The maximum absolute atomic E-state index is 5.30. The monoisotopic (exact) mass is 227 g/mol. The molecule has 0 saturated heterocycles. The van der Waals surface area contributed by atoms with Gasteiger partial charge in [0.15, 0.2) is 0 Å². The predicted octanol–water partition coefficient (Wildman–Crippen LogP) is 3.36. The van der Waals surface area contributed by atoms with Gasteiger partial charge in [-0.05, 0) is 31.6 Å². The van der Waals surface area contributed by atoms with E-state index < -0.39 is 0 Å². The molecule has 1 fully saturated rings. The summed E-state index contributed by atoms with van der Waals surface area (Å²) in [5, 5.41) is 3.79. The van der Waals surface area contributed by atoms with Crippen molar-refractivity contribution in [2.75, 3.05) is 13.7 Å². The van der Waals surface area contributed by atoms with Gasteiger partial charge >= 0.3 is 0 Å². The lowest BCUT2D eigenvalue weighted by Gasteiger charge is -2.22. The van der Waals surface area contributed by atoms with Gasteiger partial charge in [-0.1, -0.05) is 33.1 Å². The van der Waals surface area contributed by atoms with Crippen molar-refractivity contribution in [2.24, 2.45) is 5.92 Å². The summed E-state index contributed by atoms with van der Waals surface area (Å²) in [5.41, 5.74) is 0. The lowest BCUT2D eigenvalue weighted by Crippen LogP contribution is -2.39. The largest absolute Gasteiger partial charge is 0.383 e. The molecule has 16 heavy (non-hydrogen) atoms. The van der Waals surface area contributed by atoms with Crippen LogP contribution < -0.4 is 5.32 Å². The minimum absolute atomic E-state index is 0.575. The Morgan fingerprint density at radius 1 is 1.31 bits per heavy atom. The van der Waals surface area contributed by atoms with Gasteiger partial charge in [-0.15, -0.1) is 0 Å². The molecule has 96 valence electrons. The molecule has 2 heteroatoms. The summed E-state index contributed by atoms with van der Waals surface area (Å²) in [6.45, 7) is 5.44. The summed E-state index contributed by atoms with van der Waals surface area (Å²) in [7, 11) is 1.81. The van der Waals surface area contributed by atoms with Crippen LogP contribution in [-0.2, 0) is 4.74 Å². The molecular weight excluding hydrogens is 198 g/mol.